The van der Waals surface area contributed by atoms with E-state index in [1.165, 1.54) is 5.01 Å². The fourth-order valence-electron chi connectivity index (χ4n) is 5.55. The number of fused-ring (bicyclic) bond motifs is 5. The summed E-state index contributed by atoms with van der Waals surface area (Å²) in [4.78, 5) is 28.5. The second kappa shape index (κ2) is 7.56. The van der Waals surface area contributed by atoms with Gasteiger partial charge in [0, 0.05) is 11.1 Å². The van der Waals surface area contributed by atoms with Gasteiger partial charge in [0.2, 0.25) is 5.54 Å². The summed E-state index contributed by atoms with van der Waals surface area (Å²) in [5.41, 5.74) is 2.71. The highest BCUT2D eigenvalue weighted by Crippen LogP contribution is 2.47. The lowest BCUT2D eigenvalue weighted by Crippen LogP contribution is -2.49. The average molecular weight is 465 g/mol. The first-order valence-corrected chi connectivity index (χ1v) is 11.8. The van der Waals surface area contributed by atoms with Crippen LogP contribution < -0.4 is 10.6 Å². The molecule has 0 bridgehead atoms. The maximum atomic E-state index is 14.4. The molecular formula is C28H24N4O3. The highest BCUT2D eigenvalue weighted by molar-refractivity contribution is 6.24. The van der Waals surface area contributed by atoms with Gasteiger partial charge in [-0.2, -0.15) is 10.1 Å². The van der Waals surface area contributed by atoms with Crippen LogP contribution in [0.15, 0.2) is 88.8 Å². The summed E-state index contributed by atoms with van der Waals surface area (Å²) in [5, 5.41) is 16.9. The maximum absolute atomic E-state index is 14.4. The van der Waals surface area contributed by atoms with Crippen molar-refractivity contribution in [3.63, 3.8) is 0 Å². The summed E-state index contributed by atoms with van der Waals surface area (Å²) >= 11 is 0. The van der Waals surface area contributed by atoms with Gasteiger partial charge in [0.1, 0.15) is 5.75 Å². The average Bonchev–Trinajstić information content (AvgIpc) is 3.47. The molecular weight excluding hydrogens is 440 g/mol. The van der Waals surface area contributed by atoms with Crippen molar-refractivity contribution in [3.05, 3.63) is 100 Å². The predicted molar refractivity (Wildman–Crippen MR) is 135 cm³/mol. The Morgan fingerprint density at radius 1 is 0.857 bits per heavy atom. The first kappa shape index (κ1) is 21.2. The molecule has 4 aromatic rings. The molecule has 0 aliphatic carbocycles. The number of para-hydroxylation sites is 3. The molecule has 35 heavy (non-hydrogen) atoms. The van der Waals surface area contributed by atoms with Gasteiger partial charge in [0.05, 0.1) is 28.3 Å². The molecule has 2 aliphatic heterocycles. The fourth-order valence-corrected chi connectivity index (χ4v) is 5.55. The van der Waals surface area contributed by atoms with Gasteiger partial charge >= 0.3 is 0 Å². The summed E-state index contributed by atoms with van der Waals surface area (Å²) in [5.74, 6) is -0.202. The van der Waals surface area contributed by atoms with Gasteiger partial charge in [-0.1, -0.05) is 68.4 Å². The number of nitrogens with zero attached hydrogens (tertiary/aromatic N) is 4. The quantitative estimate of drug-likeness (QED) is 0.485. The van der Waals surface area contributed by atoms with Crippen LogP contribution in [0.2, 0.25) is 0 Å². The number of anilines is 1. The highest BCUT2D eigenvalue weighted by Gasteiger charge is 2.60. The van der Waals surface area contributed by atoms with Crippen LogP contribution in [0.3, 0.4) is 0 Å². The molecule has 0 fully saturated rings. The van der Waals surface area contributed by atoms with Gasteiger partial charge in [0.15, 0.2) is 0 Å². The van der Waals surface area contributed by atoms with Gasteiger partial charge in [0.25, 0.3) is 11.5 Å². The molecule has 1 aromatic heterocycles. The van der Waals surface area contributed by atoms with E-state index < -0.39 is 5.54 Å². The Morgan fingerprint density at radius 2 is 1.54 bits per heavy atom. The van der Waals surface area contributed by atoms with Crippen molar-refractivity contribution in [1.82, 2.24) is 9.36 Å². The number of hydrogen-bond acceptors (Lipinski definition) is 4. The van der Waals surface area contributed by atoms with Crippen molar-refractivity contribution < 1.29 is 9.90 Å². The molecule has 1 amide bonds. The lowest BCUT2D eigenvalue weighted by atomic mass is 9.83. The molecule has 0 saturated heterocycles. The first-order valence-electron chi connectivity index (χ1n) is 11.8. The number of aromatic nitrogens is 2. The summed E-state index contributed by atoms with van der Waals surface area (Å²) in [7, 11) is 0. The van der Waals surface area contributed by atoms with Crippen LogP contribution in [0.5, 0.6) is 5.75 Å². The van der Waals surface area contributed by atoms with E-state index in [-0.39, 0.29) is 17.2 Å². The summed E-state index contributed by atoms with van der Waals surface area (Å²) in [6.45, 7) is 3.94. The van der Waals surface area contributed by atoms with E-state index in [0.29, 0.717) is 46.7 Å². The highest BCUT2D eigenvalue weighted by atomic mass is 16.3. The largest absolute Gasteiger partial charge is 0.507 e. The van der Waals surface area contributed by atoms with Crippen molar-refractivity contribution in [2.45, 2.75) is 32.2 Å². The van der Waals surface area contributed by atoms with Crippen LogP contribution in [-0.4, -0.2) is 26.1 Å². The SMILES string of the molecule is CCC1=NN(c2ccccc2)C(=O)C12c1ccccc1-n1c(=O)c(-c3ccccc3O)c(CC)n12. The van der Waals surface area contributed by atoms with Crippen LogP contribution in [0.25, 0.3) is 16.8 Å². The Morgan fingerprint density at radius 3 is 2.26 bits per heavy atom. The zero-order valence-electron chi connectivity index (χ0n) is 19.5. The third kappa shape index (κ3) is 2.58. The number of rotatable bonds is 4. The number of carbonyl (C=O) groups excluding carboxylic acids is 1. The third-order valence-electron chi connectivity index (χ3n) is 6.97. The summed E-state index contributed by atoms with van der Waals surface area (Å²) in [6.07, 6.45) is 1.00. The molecule has 1 N–H and O–H groups in total. The number of hydrogen-bond donors (Lipinski definition) is 1. The molecule has 1 spiro atoms. The molecule has 1 atom stereocenters. The molecule has 3 aromatic carbocycles. The molecule has 0 saturated carbocycles. The Labute approximate surface area is 202 Å². The van der Waals surface area contributed by atoms with E-state index in [1.54, 1.807) is 28.9 Å². The van der Waals surface area contributed by atoms with Crippen molar-refractivity contribution in [2.75, 3.05) is 5.01 Å². The van der Waals surface area contributed by atoms with Crippen LogP contribution in [0.1, 0.15) is 31.5 Å². The van der Waals surface area contributed by atoms with Crippen molar-refractivity contribution >= 4 is 17.3 Å². The Bertz CT molecular complexity index is 1580. The molecule has 2 aliphatic rings. The van der Waals surface area contributed by atoms with E-state index in [1.807, 2.05) is 73.1 Å². The summed E-state index contributed by atoms with van der Waals surface area (Å²) in [6, 6.07) is 23.7. The molecule has 3 heterocycles. The molecule has 7 heteroatoms. The fraction of sp³-hybridized carbons (Fsp3) is 0.179. The minimum atomic E-state index is -1.28. The molecule has 6 rings (SSSR count). The van der Waals surface area contributed by atoms with Crippen LogP contribution in [0.4, 0.5) is 5.69 Å². The number of benzene rings is 3. The molecule has 0 radical (unpaired) electrons. The first-order chi connectivity index (χ1) is 17.1. The normalized spacial score (nSPS) is 18.2. The minimum absolute atomic E-state index is 0.0274. The minimum Gasteiger partial charge on any atom is -0.507 e. The van der Waals surface area contributed by atoms with E-state index in [4.69, 9.17) is 5.10 Å². The number of aromatic hydroxyl groups is 1. The van der Waals surface area contributed by atoms with Crippen molar-refractivity contribution in [1.29, 1.82) is 0 Å². The smallest absolute Gasteiger partial charge is 0.285 e. The number of amides is 1. The number of hydrazone groups is 1. The maximum Gasteiger partial charge on any atom is 0.285 e. The van der Waals surface area contributed by atoms with Crippen molar-refractivity contribution in [2.24, 2.45) is 5.10 Å². The van der Waals surface area contributed by atoms with Crippen molar-refractivity contribution in [3.8, 4) is 22.6 Å². The monoisotopic (exact) mass is 464 g/mol. The van der Waals surface area contributed by atoms with Gasteiger partial charge in [-0.15, -0.1) is 0 Å². The van der Waals surface area contributed by atoms with E-state index in [9.17, 15) is 14.7 Å². The zero-order valence-corrected chi connectivity index (χ0v) is 19.5. The standard InChI is InChI=1S/C28H24N4O3/c1-3-21-25(19-14-8-11-17-23(19)33)26(34)31-22-16-10-9-15-20(22)28(32(21)31)24(4-2)29-30(27(28)35)18-12-6-5-7-13-18/h5-17,33H,3-4H2,1-2H3. The molecule has 174 valence electrons. The Kier molecular flexibility index (Phi) is 4.57. The van der Waals surface area contributed by atoms with Crippen LogP contribution in [-0.2, 0) is 16.8 Å². The topological polar surface area (TPSA) is 79.8 Å². The molecule has 1 unspecified atom stereocenters. The second-order valence-corrected chi connectivity index (χ2v) is 8.70. The lowest BCUT2D eigenvalue weighted by Gasteiger charge is -2.28. The second-order valence-electron chi connectivity index (χ2n) is 8.70. The van der Waals surface area contributed by atoms with Gasteiger partial charge in [-0.05, 0) is 37.1 Å². The lowest BCUT2D eigenvalue weighted by molar-refractivity contribution is -0.122. The number of phenols is 1. The Balaban J connectivity index is 1.72. The summed E-state index contributed by atoms with van der Waals surface area (Å²) < 4.78 is 3.42. The molecule has 7 nitrogen and oxygen atoms in total. The van der Waals surface area contributed by atoms with E-state index in [0.717, 1.165) is 5.56 Å². The van der Waals surface area contributed by atoms with Gasteiger partial charge in [-0.3, -0.25) is 14.3 Å². The predicted octanol–water partition coefficient (Wildman–Crippen LogP) is 4.44. The van der Waals surface area contributed by atoms with E-state index >= 15 is 0 Å². The third-order valence-corrected chi connectivity index (χ3v) is 6.97. The zero-order chi connectivity index (χ0) is 24.3. The number of carbonyl (C=O) groups is 1. The van der Waals surface area contributed by atoms with Gasteiger partial charge in [-0.25, -0.2) is 4.68 Å². The number of phenolic OH excluding ortho intramolecular Hbond substituents is 1. The van der Waals surface area contributed by atoms with Crippen LogP contribution in [0, 0.1) is 0 Å². The van der Waals surface area contributed by atoms with E-state index in [2.05, 4.69) is 0 Å². The Hall–Kier alpha value is -4.39. The van der Waals surface area contributed by atoms with Crippen LogP contribution >= 0.6 is 0 Å². The van der Waals surface area contributed by atoms with Gasteiger partial charge < -0.3 is 5.11 Å².